The molecule has 0 heterocycles. The molecule has 0 N–H and O–H groups in total. The maximum absolute atomic E-state index is 12.1. The Hall–Kier alpha value is 0.01000. The van der Waals surface area contributed by atoms with Gasteiger partial charge in [-0.3, -0.25) is 9.59 Å². The van der Waals surface area contributed by atoms with Crippen molar-refractivity contribution < 1.29 is 9.59 Å². The molecule has 1 aliphatic carbocycles. The predicted molar refractivity (Wildman–Crippen MR) is 69.0 cm³/mol. The number of ketones is 2. The number of hydrogen-bond acceptors (Lipinski definition) is 2. The first kappa shape index (κ1) is 13.4. The van der Waals surface area contributed by atoms with Crippen molar-refractivity contribution >= 4 is 69.6 Å². The van der Waals surface area contributed by atoms with Gasteiger partial charge in [-0.2, -0.15) is 0 Å². The predicted octanol–water partition coefficient (Wildman–Crippen LogP) is 4.07. The first-order valence-corrected chi connectivity index (χ1v) is 6.24. The molecule has 0 aliphatic heterocycles. The number of benzene rings is 1. The molecular weight excluding hydrogens is 329 g/mol. The van der Waals surface area contributed by atoms with E-state index in [0.29, 0.717) is 0 Å². The van der Waals surface area contributed by atoms with E-state index in [4.69, 9.17) is 58.0 Å². The number of carbonyl (C=O) groups is 2. The van der Waals surface area contributed by atoms with E-state index in [1.807, 2.05) is 0 Å². The Kier molecular flexibility index (Phi) is 3.17. The average molecular weight is 332 g/mol. The summed E-state index contributed by atoms with van der Waals surface area (Å²) >= 11 is 29.0. The number of alkyl halides is 4. The van der Waals surface area contributed by atoms with E-state index in [9.17, 15) is 9.59 Å². The van der Waals surface area contributed by atoms with Gasteiger partial charge in [0.1, 0.15) is 0 Å². The van der Waals surface area contributed by atoms with Crippen molar-refractivity contribution in [2.45, 2.75) is 8.67 Å². The number of Topliss-reactive ketones (excluding diaryl/α,β-unsaturated/α-hetero) is 2. The highest BCUT2D eigenvalue weighted by Crippen LogP contribution is 2.51. The fraction of sp³-hybridized carbons (Fsp3) is 0.200. The SMILES string of the molecule is O=C1c2cccc(Cl)c2C(=O)C(Cl)(Cl)C1(Cl)Cl. The summed E-state index contributed by atoms with van der Waals surface area (Å²) in [6.07, 6.45) is 0. The number of rotatable bonds is 0. The lowest BCUT2D eigenvalue weighted by molar-refractivity contribution is 0.0869. The maximum Gasteiger partial charge on any atom is 0.220 e. The lowest BCUT2D eigenvalue weighted by atomic mass is 9.88. The van der Waals surface area contributed by atoms with E-state index in [1.54, 1.807) is 0 Å². The number of carbonyl (C=O) groups excluding carboxylic acids is 2. The van der Waals surface area contributed by atoms with Crippen LogP contribution >= 0.6 is 58.0 Å². The first-order valence-electron chi connectivity index (χ1n) is 4.35. The lowest BCUT2D eigenvalue weighted by Crippen LogP contribution is -2.53. The summed E-state index contributed by atoms with van der Waals surface area (Å²) in [5.74, 6) is -1.53. The summed E-state index contributed by atoms with van der Waals surface area (Å²) < 4.78 is -4.49. The third-order valence-corrected chi connectivity index (χ3v) is 4.97. The van der Waals surface area contributed by atoms with Crippen molar-refractivity contribution in [3.63, 3.8) is 0 Å². The van der Waals surface area contributed by atoms with Crippen LogP contribution in [0.3, 0.4) is 0 Å². The lowest BCUT2D eigenvalue weighted by Gasteiger charge is -2.35. The van der Waals surface area contributed by atoms with Crippen LogP contribution in [0.2, 0.25) is 5.02 Å². The van der Waals surface area contributed by atoms with Gasteiger partial charge in [0.05, 0.1) is 10.6 Å². The summed E-state index contributed by atoms with van der Waals surface area (Å²) in [4.78, 5) is 24.1. The quantitative estimate of drug-likeness (QED) is 0.671. The minimum absolute atomic E-state index is 0.0180. The van der Waals surface area contributed by atoms with Crippen molar-refractivity contribution in [2.24, 2.45) is 0 Å². The van der Waals surface area contributed by atoms with Crippen LogP contribution in [0.15, 0.2) is 18.2 Å². The molecular formula is C10H3Cl5O2. The van der Waals surface area contributed by atoms with Crippen molar-refractivity contribution in [3.05, 3.63) is 34.3 Å². The van der Waals surface area contributed by atoms with Crippen LogP contribution in [0.25, 0.3) is 0 Å². The largest absolute Gasteiger partial charge is 0.291 e. The molecule has 0 atom stereocenters. The van der Waals surface area contributed by atoms with Crippen LogP contribution in [-0.2, 0) is 0 Å². The minimum atomic E-state index is -2.26. The Bertz CT molecular complexity index is 535. The molecule has 2 nitrogen and oxygen atoms in total. The van der Waals surface area contributed by atoms with Crippen LogP contribution in [0.5, 0.6) is 0 Å². The van der Waals surface area contributed by atoms with E-state index in [-0.39, 0.29) is 16.1 Å². The minimum Gasteiger partial charge on any atom is -0.291 e. The molecule has 7 heteroatoms. The van der Waals surface area contributed by atoms with Crippen LogP contribution in [0.4, 0.5) is 0 Å². The van der Waals surface area contributed by atoms with Crippen LogP contribution < -0.4 is 0 Å². The summed E-state index contributed by atoms with van der Waals surface area (Å²) in [6.45, 7) is 0. The maximum atomic E-state index is 12.1. The van der Waals surface area contributed by atoms with E-state index in [2.05, 4.69) is 0 Å². The van der Waals surface area contributed by atoms with Gasteiger partial charge >= 0.3 is 0 Å². The van der Waals surface area contributed by atoms with E-state index >= 15 is 0 Å². The van der Waals surface area contributed by atoms with Crippen LogP contribution in [-0.4, -0.2) is 20.2 Å². The Balaban J connectivity index is 2.82. The van der Waals surface area contributed by atoms with Gasteiger partial charge in [0, 0.05) is 5.56 Å². The average Bonchev–Trinajstić information content (AvgIpc) is 2.25. The Morgan fingerprint density at radius 3 is 2.00 bits per heavy atom. The Morgan fingerprint density at radius 1 is 0.882 bits per heavy atom. The molecule has 1 aromatic carbocycles. The van der Waals surface area contributed by atoms with Crippen molar-refractivity contribution in [3.8, 4) is 0 Å². The molecule has 90 valence electrons. The van der Waals surface area contributed by atoms with Gasteiger partial charge in [-0.1, -0.05) is 70.1 Å². The Morgan fingerprint density at radius 2 is 1.41 bits per heavy atom. The highest BCUT2D eigenvalue weighted by atomic mass is 35.5. The van der Waals surface area contributed by atoms with E-state index < -0.39 is 20.2 Å². The van der Waals surface area contributed by atoms with Crippen LogP contribution in [0.1, 0.15) is 20.7 Å². The molecule has 0 amide bonds. The van der Waals surface area contributed by atoms with E-state index in [0.717, 1.165) is 0 Å². The second-order valence-electron chi connectivity index (χ2n) is 3.47. The van der Waals surface area contributed by atoms with Gasteiger partial charge in [-0.05, 0) is 6.07 Å². The third-order valence-electron chi connectivity index (χ3n) is 2.45. The molecule has 0 saturated heterocycles. The topological polar surface area (TPSA) is 34.1 Å². The molecule has 0 unspecified atom stereocenters. The second kappa shape index (κ2) is 4.01. The number of halogens is 5. The van der Waals surface area contributed by atoms with Crippen molar-refractivity contribution in [2.75, 3.05) is 0 Å². The fourth-order valence-corrected chi connectivity index (χ4v) is 2.55. The molecule has 0 bridgehead atoms. The third kappa shape index (κ3) is 1.70. The van der Waals surface area contributed by atoms with Gasteiger partial charge in [-0.25, -0.2) is 0 Å². The van der Waals surface area contributed by atoms with Crippen molar-refractivity contribution in [1.82, 2.24) is 0 Å². The highest BCUT2D eigenvalue weighted by Gasteiger charge is 2.62. The molecule has 0 saturated carbocycles. The van der Waals surface area contributed by atoms with Gasteiger partial charge < -0.3 is 0 Å². The highest BCUT2D eigenvalue weighted by molar-refractivity contribution is 6.77. The summed E-state index contributed by atoms with van der Waals surface area (Å²) in [5.41, 5.74) is -0.0366. The zero-order chi connectivity index (χ0) is 13.0. The molecule has 1 aliphatic rings. The monoisotopic (exact) mass is 330 g/mol. The Labute approximate surface area is 122 Å². The standard InChI is InChI=1S/C10H3Cl5O2/c11-5-3-1-2-4-6(5)8(17)10(14,15)9(12,13)7(4)16/h1-3H. The molecule has 0 fully saturated rings. The van der Waals surface area contributed by atoms with Gasteiger partial charge in [0.15, 0.2) is 0 Å². The van der Waals surface area contributed by atoms with Gasteiger partial charge in [-0.15, -0.1) is 0 Å². The second-order valence-corrected chi connectivity index (χ2v) is 6.53. The summed E-state index contributed by atoms with van der Waals surface area (Å²) in [7, 11) is 0. The molecule has 0 aromatic heterocycles. The number of fused-ring (bicyclic) bond motifs is 1. The molecule has 0 spiro atoms. The molecule has 17 heavy (non-hydrogen) atoms. The smallest absolute Gasteiger partial charge is 0.220 e. The molecule has 2 rings (SSSR count). The van der Waals surface area contributed by atoms with E-state index in [1.165, 1.54) is 18.2 Å². The molecule has 1 aromatic rings. The zero-order valence-electron chi connectivity index (χ0n) is 7.94. The van der Waals surface area contributed by atoms with Crippen LogP contribution in [0, 0.1) is 0 Å². The summed E-state index contributed by atoms with van der Waals surface area (Å²) in [5, 5.41) is 0.0790. The summed E-state index contributed by atoms with van der Waals surface area (Å²) in [6, 6.07) is 4.35. The first-order chi connectivity index (χ1) is 7.71. The van der Waals surface area contributed by atoms with Crippen molar-refractivity contribution in [1.29, 1.82) is 0 Å². The molecule has 0 radical (unpaired) electrons. The number of hydrogen-bond donors (Lipinski definition) is 0. The van der Waals surface area contributed by atoms with Gasteiger partial charge in [0.2, 0.25) is 20.2 Å². The van der Waals surface area contributed by atoms with Gasteiger partial charge in [0.25, 0.3) is 0 Å². The fourth-order valence-electron chi connectivity index (χ4n) is 1.56. The normalized spacial score (nSPS) is 21.2. The zero-order valence-corrected chi connectivity index (χ0v) is 11.7.